The molecule has 3 rings (SSSR count). The van der Waals surface area contributed by atoms with Crippen molar-refractivity contribution in [1.82, 2.24) is 14.9 Å². The Balaban J connectivity index is 1.53. The number of imidazole rings is 1. The maximum Gasteiger partial charge on any atom is 0.237 e. The highest BCUT2D eigenvalue weighted by atomic mass is 16.2. The predicted octanol–water partition coefficient (Wildman–Crippen LogP) is 3.80. The zero-order chi connectivity index (χ0) is 20.8. The molecule has 0 aliphatic rings. The summed E-state index contributed by atoms with van der Waals surface area (Å²) in [6.45, 7) is 7.06. The molecule has 29 heavy (non-hydrogen) atoms. The Morgan fingerprint density at radius 1 is 1.03 bits per heavy atom. The second kappa shape index (κ2) is 9.52. The third-order valence-electron chi connectivity index (χ3n) is 5.12. The number of amides is 1. The molecule has 0 saturated carbocycles. The summed E-state index contributed by atoms with van der Waals surface area (Å²) in [7, 11) is 0. The van der Waals surface area contributed by atoms with E-state index < -0.39 is 6.04 Å². The molecular weight excluding hydrogens is 360 g/mol. The standard InChI is InChI=1S/C24H30N4O/c1-17(2)20-9-11-21(12-10-20)18(3)27-24(29)23(25)13-22-15-28(16-26-22)14-19-7-5-4-6-8-19/h4-12,15-18,23H,13-14,25H2,1-3H3,(H,27,29)/t18?,23-/m0/s1. The molecule has 0 aliphatic carbocycles. The van der Waals surface area contributed by atoms with Crippen molar-refractivity contribution in [1.29, 1.82) is 0 Å². The molecule has 5 heteroatoms. The number of hydrogen-bond acceptors (Lipinski definition) is 3. The summed E-state index contributed by atoms with van der Waals surface area (Å²) in [5.74, 6) is 0.326. The molecule has 152 valence electrons. The Morgan fingerprint density at radius 2 is 1.69 bits per heavy atom. The zero-order valence-electron chi connectivity index (χ0n) is 17.4. The van der Waals surface area contributed by atoms with Crippen molar-refractivity contribution in [3.63, 3.8) is 0 Å². The molecule has 0 aliphatic heterocycles. The number of nitrogens with one attached hydrogen (secondary N) is 1. The van der Waals surface area contributed by atoms with E-state index in [0.717, 1.165) is 17.8 Å². The van der Waals surface area contributed by atoms with Gasteiger partial charge in [-0.15, -0.1) is 0 Å². The predicted molar refractivity (Wildman–Crippen MR) is 117 cm³/mol. The monoisotopic (exact) mass is 390 g/mol. The van der Waals surface area contributed by atoms with E-state index in [4.69, 9.17) is 5.73 Å². The van der Waals surface area contributed by atoms with Crippen molar-refractivity contribution in [2.45, 2.75) is 51.7 Å². The van der Waals surface area contributed by atoms with E-state index in [0.29, 0.717) is 12.3 Å². The number of aromatic nitrogens is 2. The van der Waals surface area contributed by atoms with Crippen molar-refractivity contribution in [2.75, 3.05) is 0 Å². The Labute approximate surface area is 173 Å². The Bertz CT molecular complexity index is 916. The molecule has 0 radical (unpaired) electrons. The second-order valence-electron chi connectivity index (χ2n) is 7.89. The van der Waals surface area contributed by atoms with Gasteiger partial charge in [-0.2, -0.15) is 0 Å². The SMILES string of the molecule is CC(C)c1ccc(C(C)NC(=O)[C@@H](N)Cc2cn(Cc3ccccc3)cn2)cc1. The van der Waals surface area contributed by atoms with Crippen LogP contribution in [0.25, 0.3) is 0 Å². The fourth-order valence-electron chi connectivity index (χ4n) is 3.28. The summed E-state index contributed by atoms with van der Waals surface area (Å²) >= 11 is 0. The first-order valence-corrected chi connectivity index (χ1v) is 10.1. The lowest BCUT2D eigenvalue weighted by molar-refractivity contribution is -0.123. The highest BCUT2D eigenvalue weighted by Crippen LogP contribution is 2.18. The van der Waals surface area contributed by atoms with E-state index in [1.165, 1.54) is 11.1 Å². The van der Waals surface area contributed by atoms with E-state index in [-0.39, 0.29) is 11.9 Å². The number of hydrogen-bond donors (Lipinski definition) is 2. The summed E-state index contributed by atoms with van der Waals surface area (Å²) in [5, 5.41) is 3.01. The molecule has 1 aromatic heterocycles. The first-order chi connectivity index (χ1) is 13.9. The largest absolute Gasteiger partial charge is 0.348 e. The molecule has 1 heterocycles. The van der Waals surface area contributed by atoms with Crippen LogP contribution >= 0.6 is 0 Å². The molecule has 2 aromatic carbocycles. The van der Waals surface area contributed by atoms with E-state index in [1.54, 1.807) is 6.33 Å². The van der Waals surface area contributed by atoms with Gasteiger partial charge in [-0.05, 0) is 29.5 Å². The molecule has 3 aromatic rings. The molecular formula is C24H30N4O. The first-order valence-electron chi connectivity index (χ1n) is 10.1. The topological polar surface area (TPSA) is 72.9 Å². The van der Waals surface area contributed by atoms with E-state index in [2.05, 4.69) is 60.5 Å². The van der Waals surface area contributed by atoms with Gasteiger partial charge in [0.2, 0.25) is 5.91 Å². The van der Waals surface area contributed by atoms with Gasteiger partial charge in [0.25, 0.3) is 0 Å². The van der Waals surface area contributed by atoms with Crippen LogP contribution in [0.5, 0.6) is 0 Å². The maximum atomic E-state index is 12.5. The maximum absolute atomic E-state index is 12.5. The lowest BCUT2D eigenvalue weighted by atomic mass is 9.99. The molecule has 1 unspecified atom stereocenters. The molecule has 0 fully saturated rings. The average Bonchev–Trinajstić information content (AvgIpc) is 3.15. The van der Waals surface area contributed by atoms with Gasteiger partial charge >= 0.3 is 0 Å². The molecule has 0 saturated heterocycles. The normalized spacial score (nSPS) is 13.3. The van der Waals surface area contributed by atoms with Crippen LogP contribution in [0, 0.1) is 0 Å². The first kappa shape index (κ1) is 20.8. The van der Waals surface area contributed by atoms with Crippen LogP contribution in [0.15, 0.2) is 67.1 Å². The van der Waals surface area contributed by atoms with Gasteiger partial charge in [0.05, 0.1) is 24.1 Å². The lowest BCUT2D eigenvalue weighted by Crippen LogP contribution is -2.43. The van der Waals surface area contributed by atoms with Crippen LogP contribution in [-0.4, -0.2) is 21.5 Å². The lowest BCUT2D eigenvalue weighted by Gasteiger charge is -2.18. The fourth-order valence-corrected chi connectivity index (χ4v) is 3.28. The van der Waals surface area contributed by atoms with Crippen LogP contribution in [0.1, 0.15) is 55.1 Å². The third kappa shape index (κ3) is 5.78. The van der Waals surface area contributed by atoms with Crippen molar-refractivity contribution >= 4 is 5.91 Å². The van der Waals surface area contributed by atoms with Crippen LogP contribution in [-0.2, 0) is 17.8 Å². The third-order valence-corrected chi connectivity index (χ3v) is 5.12. The summed E-state index contributed by atoms with van der Waals surface area (Å²) in [4.78, 5) is 16.9. The molecule has 0 bridgehead atoms. The summed E-state index contributed by atoms with van der Waals surface area (Å²) in [5.41, 5.74) is 10.5. The minimum absolute atomic E-state index is 0.0922. The van der Waals surface area contributed by atoms with E-state index >= 15 is 0 Å². The van der Waals surface area contributed by atoms with Crippen LogP contribution in [0.4, 0.5) is 0 Å². The minimum Gasteiger partial charge on any atom is -0.348 e. The smallest absolute Gasteiger partial charge is 0.237 e. The number of carbonyl (C=O) groups is 1. The highest BCUT2D eigenvalue weighted by Gasteiger charge is 2.18. The van der Waals surface area contributed by atoms with Gasteiger partial charge in [0.15, 0.2) is 0 Å². The number of carbonyl (C=O) groups excluding carboxylic acids is 1. The summed E-state index contributed by atoms with van der Waals surface area (Å²) in [6.07, 6.45) is 4.15. The van der Waals surface area contributed by atoms with Gasteiger partial charge in [-0.1, -0.05) is 68.4 Å². The fraction of sp³-hybridized carbons (Fsp3) is 0.333. The minimum atomic E-state index is -0.632. The van der Waals surface area contributed by atoms with Crippen LogP contribution < -0.4 is 11.1 Å². The summed E-state index contributed by atoms with van der Waals surface area (Å²) < 4.78 is 2.01. The molecule has 2 atom stereocenters. The van der Waals surface area contributed by atoms with Crippen molar-refractivity contribution in [3.05, 3.63) is 89.5 Å². The van der Waals surface area contributed by atoms with Crippen LogP contribution in [0.2, 0.25) is 0 Å². The van der Waals surface area contributed by atoms with Gasteiger partial charge in [-0.25, -0.2) is 4.98 Å². The van der Waals surface area contributed by atoms with Gasteiger partial charge in [-0.3, -0.25) is 4.79 Å². The average molecular weight is 391 g/mol. The zero-order valence-corrected chi connectivity index (χ0v) is 17.4. The Kier molecular flexibility index (Phi) is 6.83. The Hall–Kier alpha value is -2.92. The summed E-state index contributed by atoms with van der Waals surface area (Å²) in [6, 6.07) is 17.8. The van der Waals surface area contributed by atoms with Crippen molar-refractivity contribution in [3.8, 4) is 0 Å². The number of benzene rings is 2. The van der Waals surface area contributed by atoms with E-state index in [9.17, 15) is 4.79 Å². The molecule has 3 N–H and O–H groups in total. The number of nitrogens with zero attached hydrogens (tertiary/aromatic N) is 2. The second-order valence-corrected chi connectivity index (χ2v) is 7.89. The van der Waals surface area contributed by atoms with Crippen LogP contribution in [0.3, 0.4) is 0 Å². The van der Waals surface area contributed by atoms with Gasteiger partial charge < -0.3 is 15.6 Å². The molecule has 0 spiro atoms. The number of rotatable bonds is 8. The van der Waals surface area contributed by atoms with E-state index in [1.807, 2.05) is 35.9 Å². The van der Waals surface area contributed by atoms with Crippen molar-refractivity contribution in [2.24, 2.45) is 5.73 Å². The quantitative estimate of drug-likeness (QED) is 0.614. The van der Waals surface area contributed by atoms with Gasteiger partial charge in [0.1, 0.15) is 0 Å². The van der Waals surface area contributed by atoms with Gasteiger partial charge in [0, 0.05) is 19.2 Å². The molecule has 1 amide bonds. The number of nitrogens with two attached hydrogens (primary N) is 1. The highest BCUT2D eigenvalue weighted by molar-refractivity contribution is 5.82. The Morgan fingerprint density at radius 3 is 2.34 bits per heavy atom. The molecule has 5 nitrogen and oxygen atoms in total. The van der Waals surface area contributed by atoms with Crippen molar-refractivity contribution < 1.29 is 4.79 Å².